The molecule has 0 unspecified atom stereocenters. The van der Waals surface area contributed by atoms with Gasteiger partial charge in [-0.15, -0.1) is 11.3 Å². The van der Waals surface area contributed by atoms with Gasteiger partial charge in [0.2, 0.25) is 0 Å². The van der Waals surface area contributed by atoms with Crippen LogP contribution in [0.25, 0.3) is 0 Å². The Labute approximate surface area is 191 Å². The molecule has 160 valence electrons. The zero-order valence-corrected chi connectivity index (χ0v) is 18.6. The van der Waals surface area contributed by atoms with Crippen LogP contribution in [0.4, 0.5) is 11.4 Å². The van der Waals surface area contributed by atoms with Crippen LogP contribution in [0.2, 0.25) is 5.02 Å². The Morgan fingerprint density at radius 1 is 0.968 bits per heavy atom. The van der Waals surface area contributed by atoms with E-state index in [2.05, 4.69) is 27.7 Å². The molecule has 0 atom stereocenters. The lowest BCUT2D eigenvalue weighted by atomic mass is 10.1. The Hall–Kier alpha value is -2.67. The quantitative estimate of drug-likeness (QED) is 0.493. The minimum Gasteiger partial charge on any atom is -0.322 e. The van der Waals surface area contributed by atoms with Crippen molar-refractivity contribution in [2.75, 3.05) is 30.3 Å². The molecule has 0 radical (unpaired) electrons. The maximum Gasteiger partial charge on any atom is 0.265 e. The summed E-state index contributed by atoms with van der Waals surface area (Å²) in [6, 6.07) is 16.3. The summed E-state index contributed by atoms with van der Waals surface area (Å²) in [4.78, 5) is 28.1. The van der Waals surface area contributed by atoms with E-state index >= 15 is 0 Å². The van der Waals surface area contributed by atoms with Crippen molar-refractivity contribution in [2.24, 2.45) is 0 Å². The second-order valence-corrected chi connectivity index (χ2v) is 8.93. The molecule has 5 nitrogen and oxygen atoms in total. The molecule has 2 amide bonds. The van der Waals surface area contributed by atoms with E-state index in [0.717, 1.165) is 18.7 Å². The average Bonchev–Trinajstić information content (AvgIpc) is 3.49. The normalized spacial score (nSPS) is 13.8. The fraction of sp³-hybridized carbons (Fsp3) is 0.250. The Morgan fingerprint density at radius 2 is 1.74 bits per heavy atom. The molecule has 2 aromatic carbocycles. The first kappa shape index (κ1) is 21.6. The third-order valence-electron chi connectivity index (χ3n) is 5.35. The number of benzene rings is 2. The average molecular weight is 454 g/mol. The van der Waals surface area contributed by atoms with Gasteiger partial charge in [-0.3, -0.25) is 9.59 Å². The van der Waals surface area contributed by atoms with Crippen molar-refractivity contribution in [3.05, 3.63) is 81.0 Å². The Bertz CT molecular complexity index is 1050. The van der Waals surface area contributed by atoms with Crippen molar-refractivity contribution in [3.8, 4) is 0 Å². The number of hydrogen-bond acceptors (Lipinski definition) is 4. The molecule has 1 aliphatic rings. The molecule has 1 aliphatic heterocycles. The first-order valence-corrected chi connectivity index (χ1v) is 11.6. The molecular formula is C24H24ClN3O2S. The molecule has 1 saturated heterocycles. The van der Waals surface area contributed by atoms with Crippen molar-refractivity contribution in [1.29, 1.82) is 0 Å². The summed E-state index contributed by atoms with van der Waals surface area (Å²) in [6.45, 7) is 3.48. The highest BCUT2D eigenvalue weighted by Crippen LogP contribution is 2.25. The highest BCUT2D eigenvalue weighted by molar-refractivity contribution is 7.12. The number of amides is 2. The van der Waals surface area contributed by atoms with E-state index in [-0.39, 0.29) is 11.8 Å². The van der Waals surface area contributed by atoms with Crippen LogP contribution in [0.15, 0.2) is 60.0 Å². The van der Waals surface area contributed by atoms with Crippen LogP contribution in [0, 0.1) is 0 Å². The van der Waals surface area contributed by atoms with E-state index < -0.39 is 0 Å². The summed E-state index contributed by atoms with van der Waals surface area (Å²) in [7, 11) is 0. The molecular weight excluding hydrogens is 430 g/mol. The molecule has 0 saturated carbocycles. The second-order valence-electron chi connectivity index (χ2n) is 7.58. The van der Waals surface area contributed by atoms with Gasteiger partial charge in [0.25, 0.3) is 11.8 Å². The fourth-order valence-corrected chi connectivity index (χ4v) is 4.39. The molecule has 4 rings (SSSR count). The summed E-state index contributed by atoms with van der Waals surface area (Å²) in [5.74, 6) is -0.507. The number of likely N-dealkylation sites (tertiary alicyclic amines) is 1. The van der Waals surface area contributed by atoms with E-state index in [0.29, 0.717) is 21.2 Å². The Balaban J connectivity index is 1.37. The lowest BCUT2D eigenvalue weighted by Gasteiger charge is -2.14. The lowest BCUT2D eigenvalue weighted by Crippen LogP contribution is -2.21. The second kappa shape index (κ2) is 10.1. The number of rotatable bonds is 7. The molecule has 3 aromatic rings. The van der Waals surface area contributed by atoms with Crippen molar-refractivity contribution in [1.82, 2.24) is 4.90 Å². The molecule has 1 fully saturated rings. The zero-order valence-electron chi connectivity index (χ0n) is 17.1. The number of nitrogens with one attached hydrogen (secondary N) is 2. The van der Waals surface area contributed by atoms with Crippen LogP contribution in [0.5, 0.6) is 0 Å². The molecule has 2 heterocycles. The monoisotopic (exact) mass is 453 g/mol. The number of halogens is 1. The van der Waals surface area contributed by atoms with Gasteiger partial charge in [-0.1, -0.05) is 29.8 Å². The summed E-state index contributed by atoms with van der Waals surface area (Å²) >= 11 is 7.56. The first-order chi connectivity index (χ1) is 15.1. The number of carbonyl (C=O) groups is 2. The Kier molecular flexibility index (Phi) is 7.02. The molecule has 2 N–H and O–H groups in total. The minimum absolute atomic E-state index is 0.251. The number of hydrogen-bond donors (Lipinski definition) is 2. The highest BCUT2D eigenvalue weighted by atomic mass is 35.5. The van der Waals surface area contributed by atoms with Crippen LogP contribution >= 0.6 is 22.9 Å². The van der Waals surface area contributed by atoms with Crippen LogP contribution in [-0.4, -0.2) is 36.3 Å². The standard InChI is InChI=1S/C24H24ClN3O2S/c25-20-10-7-18(16-21(20)27-24(30)22-4-3-15-31-22)23(29)26-19-8-5-17(6-9-19)11-14-28-12-1-2-13-28/h3-10,15-16H,1-2,11-14H2,(H,26,29)(H,27,30). The van der Waals surface area contributed by atoms with Crippen molar-refractivity contribution in [2.45, 2.75) is 19.3 Å². The zero-order chi connectivity index (χ0) is 21.6. The predicted molar refractivity (Wildman–Crippen MR) is 127 cm³/mol. The Morgan fingerprint density at radius 3 is 2.45 bits per heavy atom. The van der Waals surface area contributed by atoms with Gasteiger partial charge in [0, 0.05) is 17.8 Å². The molecule has 31 heavy (non-hydrogen) atoms. The van der Waals surface area contributed by atoms with E-state index in [9.17, 15) is 9.59 Å². The maximum atomic E-state index is 12.7. The van der Waals surface area contributed by atoms with Gasteiger partial charge in [0.1, 0.15) is 0 Å². The maximum absolute atomic E-state index is 12.7. The van der Waals surface area contributed by atoms with Gasteiger partial charge in [0.05, 0.1) is 15.6 Å². The van der Waals surface area contributed by atoms with E-state index in [1.54, 1.807) is 24.3 Å². The molecule has 0 spiro atoms. The number of nitrogens with zero attached hydrogens (tertiary/aromatic N) is 1. The summed E-state index contributed by atoms with van der Waals surface area (Å²) in [5, 5.41) is 7.89. The minimum atomic E-state index is -0.256. The smallest absolute Gasteiger partial charge is 0.265 e. The van der Waals surface area contributed by atoms with E-state index in [1.807, 2.05) is 23.6 Å². The first-order valence-electron chi connectivity index (χ1n) is 10.4. The van der Waals surface area contributed by atoms with Gasteiger partial charge < -0.3 is 15.5 Å². The molecule has 1 aromatic heterocycles. The number of carbonyl (C=O) groups excluding carboxylic acids is 2. The van der Waals surface area contributed by atoms with Gasteiger partial charge in [-0.25, -0.2) is 0 Å². The SMILES string of the molecule is O=C(Nc1ccc(CCN2CCCC2)cc1)c1ccc(Cl)c(NC(=O)c2cccs2)c1. The van der Waals surface area contributed by atoms with Crippen LogP contribution in [-0.2, 0) is 6.42 Å². The third-order valence-corrected chi connectivity index (χ3v) is 6.55. The van der Waals surface area contributed by atoms with Crippen LogP contribution in [0.1, 0.15) is 38.4 Å². The number of anilines is 2. The van der Waals surface area contributed by atoms with E-state index in [4.69, 9.17) is 11.6 Å². The lowest BCUT2D eigenvalue weighted by molar-refractivity contribution is 0.101. The van der Waals surface area contributed by atoms with Crippen LogP contribution in [0.3, 0.4) is 0 Å². The van der Waals surface area contributed by atoms with Crippen molar-refractivity contribution >= 4 is 46.1 Å². The largest absolute Gasteiger partial charge is 0.322 e. The predicted octanol–water partition coefficient (Wildman–Crippen LogP) is 5.54. The summed E-state index contributed by atoms with van der Waals surface area (Å²) in [6.07, 6.45) is 3.61. The van der Waals surface area contributed by atoms with Crippen molar-refractivity contribution in [3.63, 3.8) is 0 Å². The molecule has 0 bridgehead atoms. The van der Waals surface area contributed by atoms with Gasteiger partial charge >= 0.3 is 0 Å². The number of thiophene rings is 1. The topological polar surface area (TPSA) is 61.4 Å². The molecule has 0 aliphatic carbocycles. The summed E-state index contributed by atoms with van der Waals surface area (Å²) < 4.78 is 0. The molecule has 7 heteroatoms. The van der Waals surface area contributed by atoms with Gasteiger partial charge in [-0.2, -0.15) is 0 Å². The highest BCUT2D eigenvalue weighted by Gasteiger charge is 2.14. The van der Waals surface area contributed by atoms with Gasteiger partial charge in [0.15, 0.2) is 0 Å². The summed E-state index contributed by atoms with van der Waals surface area (Å²) in [5.41, 5.74) is 2.82. The van der Waals surface area contributed by atoms with Crippen LogP contribution < -0.4 is 10.6 Å². The fourth-order valence-electron chi connectivity index (χ4n) is 3.61. The van der Waals surface area contributed by atoms with Crippen molar-refractivity contribution < 1.29 is 9.59 Å². The third kappa shape index (κ3) is 5.73. The van der Waals surface area contributed by atoms with Gasteiger partial charge in [-0.05, 0) is 79.7 Å². The van der Waals surface area contributed by atoms with E-state index in [1.165, 1.54) is 42.8 Å².